The number of aliphatic hydroxyl groups is 2. The Morgan fingerprint density at radius 2 is 0.649 bits per heavy atom. The van der Waals surface area contributed by atoms with E-state index in [0.717, 1.165) is 57.8 Å². The lowest BCUT2D eigenvalue weighted by Crippen LogP contribution is -2.45. The lowest BCUT2D eigenvalue weighted by molar-refractivity contribution is -0.143. The van der Waals surface area contributed by atoms with Crippen LogP contribution < -0.4 is 5.32 Å². The van der Waals surface area contributed by atoms with Gasteiger partial charge >= 0.3 is 5.97 Å². The SMILES string of the molecule is CCCCCCCCCCCCCCCCCCCCCCCC/C=C/C(O)C(CO)NC(=O)CCCCCCCCC/C=C\C/C=C\CCCCCCCCCCCOC(=O)CCCCCCCCCCCCCCC. The average Bonchev–Trinajstić information content (AvgIpc) is 3.43. The molecule has 0 saturated carbocycles. The highest BCUT2D eigenvalue weighted by Crippen LogP contribution is 2.18. The van der Waals surface area contributed by atoms with Gasteiger partial charge in [-0.3, -0.25) is 9.59 Å². The Kier molecular flexibility index (Phi) is 64.9. The summed E-state index contributed by atoms with van der Waals surface area (Å²) in [6.45, 7) is 4.93. The minimum atomic E-state index is -0.853. The van der Waals surface area contributed by atoms with Crippen LogP contribution in [0, 0.1) is 0 Å². The third kappa shape index (κ3) is 63.1. The molecule has 0 fully saturated rings. The Morgan fingerprint density at radius 1 is 0.364 bits per heavy atom. The van der Waals surface area contributed by atoms with Gasteiger partial charge in [0.2, 0.25) is 5.91 Å². The van der Waals surface area contributed by atoms with E-state index in [2.05, 4.69) is 43.5 Å². The minimum Gasteiger partial charge on any atom is -0.466 e. The van der Waals surface area contributed by atoms with Crippen LogP contribution in [0.1, 0.15) is 380 Å². The Balaban J connectivity index is 3.47. The first-order valence-electron chi connectivity index (χ1n) is 34.8. The molecule has 0 aromatic carbocycles. The molecule has 0 saturated heterocycles. The Labute approximate surface area is 481 Å². The van der Waals surface area contributed by atoms with Gasteiger partial charge < -0.3 is 20.3 Å². The van der Waals surface area contributed by atoms with Gasteiger partial charge in [-0.25, -0.2) is 0 Å². The molecule has 3 N–H and O–H groups in total. The molecule has 0 radical (unpaired) electrons. The van der Waals surface area contributed by atoms with Gasteiger partial charge in [0.25, 0.3) is 0 Å². The molecule has 2 atom stereocenters. The van der Waals surface area contributed by atoms with Crippen molar-refractivity contribution in [3.05, 3.63) is 36.5 Å². The molecule has 0 spiro atoms. The van der Waals surface area contributed by atoms with E-state index >= 15 is 0 Å². The molecule has 0 aliphatic carbocycles. The Bertz CT molecular complexity index is 1250. The first kappa shape index (κ1) is 75.1. The van der Waals surface area contributed by atoms with Crippen LogP contribution >= 0.6 is 0 Å². The number of esters is 1. The summed E-state index contributed by atoms with van der Waals surface area (Å²) in [5.41, 5.74) is 0. The number of carbonyl (C=O) groups excluding carboxylic acids is 2. The van der Waals surface area contributed by atoms with Gasteiger partial charge in [0, 0.05) is 12.8 Å². The maximum atomic E-state index is 12.5. The quantitative estimate of drug-likeness (QED) is 0.0320. The number of unbranched alkanes of at least 4 members (excludes halogenated alkanes) is 50. The number of nitrogens with one attached hydrogen (secondary N) is 1. The van der Waals surface area contributed by atoms with Crippen LogP contribution in [0.5, 0.6) is 0 Å². The molecule has 0 rings (SSSR count). The van der Waals surface area contributed by atoms with E-state index in [9.17, 15) is 19.8 Å². The fraction of sp³-hybridized carbons (Fsp3) is 0.887. The monoisotopic (exact) mass is 1080 g/mol. The van der Waals surface area contributed by atoms with Gasteiger partial charge in [-0.1, -0.05) is 339 Å². The summed E-state index contributed by atoms with van der Waals surface area (Å²) >= 11 is 0. The first-order chi connectivity index (χ1) is 38.0. The lowest BCUT2D eigenvalue weighted by atomic mass is 10.0. The summed E-state index contributed by atoms with van der Waals surface area (Å²) in [7, 11) is 0. The first-order valence-corrected chi connectivity index (χ1v) is 34.8. The number of amides is 1. The molecule has 0 bridgehead atoms. The Morgan fingerprint density at radius 3 is 0.987 bits per heavy atom. The smallest absolute Gasteiger partial charge is 0.305 e. The zero-order chi connectivity index (χ0) is 55.7. The molecule has 0 heterocycles. The molecule has 0 aliphatic heterocycles. The molecular formula is C71H135NO5. The normalized spacial score (nSPS) is 12.7. The van der Waals surface area contributed by atoms with E-state index in [1.807, 2.05) is 6.08 Å². The van der Waals surface area contributed by atoms with Crippen molar-refractivity contribution in [3.63, 3.8) is 0 Å². The van der Waals surface area contributed by atoms with Crippen molar-refractivity contribution in [1.29, 1.82) is 0 Å². The number of hydrogen-bond acceptors (Lipinski definition) is 5. The highest BCUT2D eigenvalue weighted by atomic mass is 16.5. The van der Waals surface area contributed by atoms with Crippen molar-refractivity contribution < 1.29 is 24.5 Å². The number of rotatable bonds is 65. The van der Waals surface area contributed by atoms with Crippen LogP contribution in [0.15, 0.2) is 36.5 Å². The lowest BCUT2D eigenvalue weighted by Gasteiger charge is -2.20. The van der Waals surface area contributed by atoms with Crippen LogP contribution in [-0.2, 0) is 14.3 Å². The van der Waals surface area contributed by atoms with Crippen LogP contribution in [0.3, 0.4) is 0 Å². The molecule has 0 aliphatic rings. The molecule has 1 amide bonds. The van der Waals surface area contributed by atoms with E-state index < -0.39 is 12.1 Å². The second-order valence-corrected chi connectivity index (χ2v) is 23.9. The van der Waals surface area contributed by atoms with Crippen LogP contribution in [-0.4, -0.2) is 47.4 Å². The summed E-state index contributed by atoms with van der Waals surface area (Å²) in [5.74, 6) is -0.0661. The van der Waals surface area contributed by atoms with Gasteiger partial charge in [0.15, 0.2) is 0 Å². The molecule has 2 unspecified atom stereocenters. The fourth-order valence-electron chi connectivity index (χ4n) is 10.8. The molecule has 0 aromatic heterocycles. The second kappa shape index (κ2) is 66.6. The molecule has 77 heavy (non-hydrogen) atoms. The number of ether oxygens (including phenoxy) is 1. The van der Waals surface area contributed by atoms with Gasteiger partial charge in [-0.2, -0.15) is 0 Å². The van der Waals surface area contributed by atoms with Gasteiger partial charge in [0.1, 0.15) is 0 Å². The molecule has 0 aromatic rings. The zero-order valence-corrected chi connectivity index (χ0v) is 52.0. The molecule has 6 nitrogen and oxygen atoms in total. The highest BCUT2D eigenvalue weighted by Gasteiger charge is 2.18. The molecular weight excluding hydrogens is 947 g/mol. The van der Waals surface area contributed by atoms with Gasteiger partial charge in [0.05, 0.1) is 25.4 Å². The van der Waals surface area contributed by atoms with Crippen LogP contribution in [0.4, 0.5) is 0 Å². The molecule has 454 valence electrons. The molecule has 6 heteroatoms. The summed E-state index contributed by atoms with van der Waals surface area (Å²) in [6.07, 6.45) is 85.0. The van der Waals surface area contributed by atoms with E-state index in [0.29, 0.717) is 19.4 Å². The van der Waals surface area contributed by atoms with Gasteiger partial charge in [-0.05, 0) is 64.2 Å². The third-order valence-electron chi connectivity index (χ3n) is 16.2. The van der Waals surface area contributed by atoms with Crippen LogP contribution in [0.25, 0.3) is 0 Å². The fourth-order valence-corrected chi connectivity index (χ4v) is 10.8. The zero-order valence-electron chi connectivity index (χ0n) is 52.0. The largest absolute Gasteiger partial charge is 0.466 e. The van der Waals surface area contributed by atoms with E-state index in [4.69, 9.17) is 4.74 Å². The van der Waals surface area contributed by atoms with Crippen LogP contribution in [0.2, 0.25) is 0 Å². The van der Waals surface area contributed by atoms with E-state index in [1.165, 1.54) is 295 Å². The van der Waals surface area contributed by atoms with Crippen molar-refractivity contribution in [2.75, 3.05) is 13.2 Å². The summed E-state index contributed by atoms with van der Waals surface area (Å²) in [6, 6.07) is -0.637. The Hall–Kier alpha value is -1.92. The summed E-state index contributed by atoms with van der Waals surface area (Å²) in [4.78, 5) is 24.6. The van der Waals surface area contributed by atoms with Crippen molar-refractivity contribution in [3.8, 4) is 0 Å². The summed E-state index contributed by atoms with van der Waals surface area (Å²) < 4.78 is 5.48. The van der Waals surface area contributed by atoms with Crippen molar-refractivity contribution in [2.45, 2.75) is 392 Å². The number of allylic oxidation sites excluding steroid dienone is 5. The topological polar surface area (TPSA) is 95.9 Å². The minimum absolute atomic E-state index is 0.00854. The van der Waals surface area contributed by atoms with Gasteiger partial charge in [-0.15, -0.1) is 0 Å². The van der Waals surface area contributed by atoms with E-state index in [-0.39, 0.29) is 18.5 Å². The maximum Gasteiger partial charge on any atom is 0.305 e. The summed E-state index contributed by atoms with van der Waals surface area (Å²) in [5, 5.41) is 23.3. The maximum absolute atomic E-state index is 12.5. The van der Waals surface area contributed by atoms with Crippen molar-refractivity contribution in [1.82, 2.24) is 5.32 Å². The third-order valence-corrected chi connectivity index (χ3v) is 16.2. The average molecular weight is 1080 g/mol. The van der Waals surface area contributed by atoms with E-state index in [1.54, 1.807) is 6.08 Å². The van der Waals surface area contributed by atoms with Crippen molar-refractivity contribution in [2.24, 2.45) is 0 Å². The number of hydrogen-bond donors (Lipinski definition) is 3. The second-order valence-electron chi connectivity index (χ2n) is 23.9. The standard InChI is InChI=1S/C71H135NO5/c1-3-5-7-9-11-13-15-17-18-19-20-21-22-24-27-30-33-36-40-43-47-51-55-59-63-69(74)68(67-73)72-70(75)64-60-56-52-48-44-41-37-34-31-28-25-23-26-29-32-35-38-42-46-50-54-58-62-66-77-71(76)65-61-57-53-49-45-39-16-14-12-10-8-6-4-2/h23,26,28,31,59,63,68-69,73-74H,3-22,24-25,27,29-30,32-58,60-62,64-67H2,1-2H3,(H,72,75)/b26-23-,31-28-,63-59+. The predicted molar refractivity (Wildman–Crippen MR) is 338 cm³/mol. The number of carbonyl (C=O) groups is 2. The van der Waals surface area contributed by atoms with Crippen molar-refractivity contribution >= 4 is 11.9 Å². The highest BCUT2D eigenvalue weighted by molar-refractivity contribution is 5.76. The number of aliphatic hydroxyl groups excluding tert-OH is 2. The predicted octanol–water partition coefficient (Wildman–Crippen LogP) is 22.3.